The Bertz CT molecular complexity index is 489. The molecule has 1 aromatic rings. The summed E-state index contributed by atoms with van der Waals surface area (Å²) >= 11 is 47.6. The van der Waals surface area contributed by atoms with E-state index in [-0.39, 0.29) is 11.4 Å². The van der Waals surface area contributed by atoms with Gasteiger partial charge in [-0.25, -0.2) is 4.68 Å². The number of unbranched alkanes of at least 4 members (excludes halogenated alkanes) is 3. The minimum atomic E-state index is -2.08. The molecule has 1 aromatic heterocycles. The van der Waals surface area contributed by atoms with Crippen LogP contribution in [0.4, 0.5) is 0 Å². The van der Waals surface area contributed by atoms with Gasteiger partial charge in [-0.3, -0.25) is 0 Å². The molecule has 1 rings (SSSR count). The zero-order valence-corrected chi connectivity index (χ0v) is 17.4. The van der Waals surface area contributed by atoms with Crippen LogP contribution in [0.25, 0.3) is 0 Å². The summed E-state index contributed by atoms with van der Waals surface area (Å²) in [5.74, 6) is 0. The Morgan fingerprint density at radius 1 is 0.909 bits per heavy atom. The summed E-state index contributed by atoms with van der Waals surface area (Å²) in [7, 11) is 0. The minimum absolute atomic E-state index is 0.0883. The molecule has 0 aliphatic heterocycles. The molecular formula is C11H13Cl8N3. The fourth-order valence-corrected chi connectivity index (χ4v) is 2.87. The molecule has 0 bridgehead atoms. The largest absolute Gasteiger partial charge is 0.245 e. The van der Waals surface area contributed by atoms with Crippen LogP contribution in [0.15, 0.2) is 0 Å². The number of hydrogen-bond acceptors (Lipinski definition) is 2. The fourth-order valence-electron chi connectivity index (χ4n) is 1.78. The Hall–Kier alpha value is 1.46. The summed E-state index contributed by atoms with van der Waals surface area (Å²) < 4.78 is -4.54. The maximum atomic E-state index is 6.12. The molecule has 0 fully saturated rings. The third kappa shape index (κ3) is 5.23. The van der Waals surface area contributed by atoms with Gasteiger partial charge < -0.3 is 0 Å². The molecule has 1 heterocycles. The van der Waals surface area contributed by atoms with Crippen molar-refractivity contribution in [3.63, 3.8) is 0 Å². The molecular weight excluding hydrogens is 458 g/mol. The van der Waals surface area contributed by atoms with Crippen molar-refractivity contribution >= 4 is 92.8 Å². The van der Waals surface area contributed by atoms with E-state index in [1.54, 1.807) is 0 Å². The number of alkyl halides is 8. The van der Waals surface area contributed by atoms with Gasteiger partial charge in [0.05, 0.1) is 0 Å². The number of aryl methyl sites for hydroxylation is 1. The van der Waals surface area contributed by atoms with Crippen molar-refractivity contribution in [3.8, 4) is 0 Å². The quantitative estimate of drug-likeness (QED) is 0.343. The van der Waals surface area contributed by atoms with Gasteiger partial charge in [-0.1, -0.05) is 124 Å². The zero-order valence-electron chi connectivity index (χ0n) is 11.4. The summed E-state index contributed by atoms with van der Waals surface area (Å²) in [6.07, 6.45) is 4.02. The van der Waals surface area contributed by atoms with Gasteiger partial charge in [0, 0.05) is 6.54 Å². The lowest BCUT2D eigenvalue weighted by Gasteiger charge is -2.27. The Labute approximate surface area is 169 Å². The number of aromatic nitrogens is 3. The normalized spacial score (nSPS) is 13.7. The number of nitrogens with zero attached hydrogens (tertiary/aromatic N) is 3. The van der Waals surface area contributed by atoms with Crippen LogP contribution in [0.1, 0.15) is 44.0 Å². The molecule has 0 aliphatic carbocycles. The van der Waals surface area contributed by atoms with E-state index in [1.807, 2.05) is 0 Å². The van der Waals surface area contributed by atoms with Gasteiger partial charge in [0.2, 0.25) is 11.9 Å². The Balaban J connectivity index is 3.18. The van der Waals surface area contributed by atoms with Gasteiger partial charge >= 0.3 is 0 Å². The topological polar surface area (TPSA) is 30.7 Å². The van der Waals surface area contributed by atoms with Crippen LogP contribution in [-0.2, 0) is 14.7 Å². The van der Waals surface area contributed by atoms with E-state index in [0.717, 1.165) is 25.7 Å². The molecule has 0 aliphatic rings. The fraction of sp³-hybridized carbons (Fsp3) is 0.818. The van der Waals surface area contributed by atoms with Crippen LogP contribution < -0.4 is 0 Å². The second kappa shape index (κ2) is 8.23. The molecule has 0 aromatic carbocycles. The van der Waals surface area contributed by atoms with Crippen LogP contribution >= 0.6 is 92.8 Å². The average Bonchev–Trinajstić information content (AvgIpc) is 2.77. The summed E-state index contributed by atoms with van der Waals surface area (Å²) in [4.78, 5) is 0. The molecule has 0 unspecified atom stereocenters. The van der Waals surface area contributed by atoms with Gasteiger partial charge in [0.25, 0.3) is 0 Å². The molecule has 128 valence electrons. The molecule has 0 saturated carbocycles. The second-order valence-electron chi connectivity index (χ2n) is 4.64. The van der Waals surface area contributed by atoms with Crippen molar-refractivity contribution in [3.05, 3.63) is 11.4 Å². The lowest BCUT2D eigenvalue weighted by Crippen LogP contribution is -2.31. The first-order valence-electron chi connectivity index (χ1n) is 6.38. The van der Waals surface area contributed by atoms with Gasteiger partial charge in [-0.2, -0.15) is 0 Å². The van der Waals surface area contributed by atoms with E-state index in [2.05, 4.69) is 17.2 Å². The predicted molar refractivity (Wildman–Crippen MR) is 97.1 cm³/mol. The third-order valence-electron chi connectivity index (χ3n) is 2.88. The summed E-state index contributed by atoms with van der Waals surface area (Å²) in [5.41, 5.74) is -0.00310. The van der Waals surface area contributed by atoms with Crippen molar-refractivity contribution in [2.75, 3.05) is 0 Å². The van der Waals surface area contributed by atoms with E-state index in [1.165, 1.54) is 4.68 Å². The van der Waals surface area contributed by atoms with Crippen molar-refractivity contribution in [1.82, 2.24) is 15.0 Å². The van der Waals surface area contributed by atoms with Crippen LogP contribution in [0.3, 0.4) is 0 Å². The molecule has 11 heteroatoms. The van der Waals surface area contributed by atoms with Gasteiger partial charge in [0.15, 0.2) is 0 Å². The average molecular weight is 471 g/mol. The molecule has 0 atom stereocenters. The molecule has 0 N–H and O–H groups in total. The van der Waals surface area contributed by atoms with E-state index in [4.69, 9.17) is 92.8 Å². The zero-order chi connectivity index (χ0) is 17.2. The highest BCUT2D eigenvalue weighted by atomic mass is 35.6. The monoisotopic (exact) mass is 467 g/mol. The van der Waals surface area contributed by atoms with E-state index in [9.17, 15) is 0 Å². The van der Waals surface area contributed by atoms with Gasteiger partial charge in [0.1, 0.15) is 11.4 Å². The van der Waals surface area contributed by atoms with Crippen LogP contribution in [-0.4, -0.2) is 18.8 Å². The summed E-state index contributed by atoms with van der Waals surface area (Å²) in [5, 5.41) is 7.79. The molecule has 22 heavy (non-hydrogen) atoms. The maximum Gasteiger partial charge on any atom is 0.234 e. The Morgan fingerprint density at radius 2 is 1.50 bits per heavy atom. The summed E-state index contributed by atoms with van der Waals surface area (Å²) in [6.45, 7) is 2.59. The van der Waals surface area contributed by atoms with Crippen molar-refractivity contribution in [2.24, 2.45) is 0 Å². The molecule has 0 spiro atoms. The van der Waals surface area contributed by atoms with E-state index in [0.29, 0.717) is 6.54 Å². The molecule has 3 nitrogen and oxygen atoms in total. The molecule has 0 radical (unpaired) electrons. The van der Waals surface area contributed by atoms with Crippen molar-refractivity contribution in [2.45, 2.75) is 51.1 Å². The Kier molecular flexibility index (Phi) is 8.04. The summed E-state index contributed by atoms with van der Waals surface area (Å²) in [6, 6.07) is 0. The standard InChI is InChI=1S/C11H13Cl8N3/c1-2-3-4-5-6-22-8(10(14,15)16)7(20-21-22)9(12,13)11(17,18)19/h2-6H2,1H3. The third-order valence-corrected chi connectivity index (χ3v) is 5.77. The van der Waals surface area contributed by atoms with Gasteiger partial charge in [-0.05, 0) is 6.42 Å². The van der Waals surface area contributed by atoms with Gasteiger partial charge in [-0.15, -0.1) is 5.10 Å². The highest BCUT2D eigenvalue weighted by Gasteiger charge is 2.53. The number of rotatable bonds is 6. The molecule has 0 amide bonds. The van der Waals surface area contributed by atoms with Crippen LogP contribution in [0, 0.1) is 0 Å². The van der Waals surface area contributed by atoms with E-state index < -0.39 is 11.9 Å². The smallest absolute Gasteiger partial charge is 0.234 e. The van der Waals surface area contributed by atoms with Crippen molar-refractivity contribution in [1.29, 1.82) is 0 Å². The van der Waals surface area contributed by atoms with Crippen LogP contribution in [0.5, 0.6) is 0 Å². The molecule has 0 saturated heterocycles. The van der Waals surface area contributed by atoms with E-state index >= 15 is 0 Å². The number of hydrogen-bond donors (Lipinski definition) is 0. The lowest BCUT2D eigenvalue weighted by molar-refractivity contribution is 0.514. The second-order valence-corrected chi connectivity index (χ2v) is 10.5. The minimum Gasteiger partial charge on any atom is -0.245 e. The first-order valence-corrected chi connectivity index (χ1v) is 9.41. The maximum absolute atomic E-state index is 6.12. The first kappa shape index (κ1) is 21.5. The predicted octanol–water partition coefficient (Wildman–Crippen LogP) is 6.69. The van der Waals surface area contributed by atoms with Crippen molar-refractivity contribution < 1.29 is 0 Å². The highest BCUT2D eigenvalue weighted by molar-refractivity contribution is 6.75. The highest BCUT2D eigenvalue weighted by Crippen LogP contribution is 2.55. The first-order chi connectivity index (χ1) is 9.93. The number of halogens is 8. The lowest BCUT2D eigenvalue weighted by atomic mass is 10.2. The SMILES string of the molecule is CCCCCCn1nnc(C(Cl)(Cl)C(Cl)(Cl)Cl)c1C(Cl)(Cl)Cl. The van der Waals surface area contributed by atoms with Crippen LogP contribution in [0.2, 0.25) is 0 Å². The Morgan fingerprint density at radius 3 is 1.95 bits per heavy atom.